The first-order chi connectivity index (χ1) is 5.74. The van der Waals surface area contributed by atoms with Gasteiger partial charge in [0.05, 0.1) is 7.11 Å². The molecular formula is C11H14O. The molecule has 0 spiro atoms. The summed E-state index contributed by atoms with van der Waals surface area (Å²) in [6.07, 6.45) is 8.93. The van der Waals surface area contributed by atoms with Crippen molar-refractivity contribution in [3.05, 3.63) is 61.4 Å². The van der Waals surface area contributed by atoms with Crippen molar-refractivity contribution in [1.82, 2.24) is 0 Å². The van der Waals surface area contributed by atoms with Gasteiger partial charge in [0.2, 0.25) is 0 Å². The van der Waals surface area contributed by atoms with Crippen molar-refractivity contribution >= 4 is 0 Å². The molecule has 0 bridgehead atoms. The molecule has 0 saturated heterocycles. The highest BCUT2D eigenvalue weighted by molar-refractivity contribution is 5.34. The monoisotopic (exact) mass is 162 g/mol. The minimum atomic E-state index is 0.617. The highest BCUT2D eigenvalue weighted by atomic mass is 16.5. The zero-order chi connectivity index (χ0) is 9.40. The predicted octanol–water partition coefficient (Wildman–Crippen LogP) is 3.00. The summed E-state index contributed by atoms with van der Waals surface area (Å²) in [5.41, 5.74) is 0.975. The van der Waals surface area contributed by atoms with E-state index in [1.165, 1.54) is 0 Å². The van der Waals surface area contributed by atoms with Crippen LogP contribution in [0.1, 0.15) is 0 Å². The van der Waals surface area contributed by atoms with Crippen LogP contribution in [0.2, 0.25) is 0 Å². The minimum Gasteiger partial charge on any atom is -0.497 e. The fourth-order valence-electron chi connectivity index (χ4n) is 0.585. The molecule has 0 aliphatic carbocycles. The van der Waals surface area contributed by atoms with Crippen molar-refractivity contribution < 1.29 is 4.74 Å². The average molecular weight is 162 g/mol. The van der Waals surface area contributed by atoms with Crippen molar-refractivity contribution in [3.8, 4) is 0 Å². The molecule has 0 aromatic rings. The maximum absolute atomic E-state index is 4.85. The summed E-state index contributed by atoms with van der Waals surface area (Å²) < 4.78 is 4.85. The maximum atomic E-state index is 4.85. The number of hydrogen-bond acceptors (Lipinski definition) is 1. The van der Waals surface area contributed by atoms with Gasteiger partial charge in [0, 0.05) is 0 Å². The molecule has 64 valence electrons. The van der Waals surface area contributed by atoms with Gasteiger partial charge in [0.25, 0.3) is 0 Å². The second-order valence-corrected chi connectivity index (χ2v) is 2.11. The first kappa shape index (κ1) is 10.5. The number of methoxy groups -OCH3 is 1. The van der Waals surface area contributed by atoms with Gasteiger partial charge in [-0.3, -0.25) is 0 Å². The molecule has 0 aliphatic rings. The third-order valence-corrected chi connectivity index (χ3v) is 1.27. The number of ether oxygens (including phenoxy) is 1. The van der Waals surface area contributed by atoms with Crippen LogP contribution in [-0.4, -0.2) is 7.11 Å². The van der Waals surface area contributed by atoms with E-state index >= 15 is 0 Å². The van der Waals surface area contributed by atoms with Crippen LogP contribution in [0.4, 0.5) is 0 Å². The molecule has 0 unspecified atom stereocenters. The summed E-state index contributed by atoms with van der Waals surface area (Å²) in [6.45, 7) is 10.9. The molecule has 0 amide bonds. The van der Waals surface area contributed by atoms with E-state index in [9.17, 15) is 0 Å². The summed E-state index contributed by atoms with van der Waals surface area (Å²) in [5.74, 6) is 0.617. The van der Waals surface area contributed by atoms with Crippen molar-refractivity contribution in [2.75, 3.05) is 7.11 Å². The first-order valence-corrected chi connectivity index (χ1v) is 3.60. The predicted molar refractivity (Wildman–Crippen MR) is 53.8 cm³/mol. The molecule has 12 heavy (non-hydrogen) atoms. The molecule has 0 fully saturated rings. The molecule has 0 radical (unpaired) electrons. The van der Waals surface area contributed by atoms with Gasteiger partial charge in [-0.15, -0.1) is 0 Å². The van der Waals surface area contributed by atoms with Crippen LogP contribution in [-0.2, 0) is 4.74 Å². The second kappa shape index (κ2) is 6.23. The molecule has 0 aromatic carbocycles. The van der Waals surface area contributed by atoms with Crippen molar-refractivity contribution in [3.63, 3.8) is 0 Å². The second-order valence-electron chi connectivity index (χ2n) is 2.11. The summed E-state index contributed by atoms with van der Waals surface area (Å²) >= 11 is 0. The summed E-state index contributed by atoms with van der Waals surface area (Å²) in [4.78, 5) is 0. The van der Waals surface area contributed by atoms with E-state index in [4.69, 9.17) is 4.74 Å². The third kappa shape index (κ3) is 4.34. The van der Waals surface area contributed by atoms with E-state index in [2.05, 4.69) is 19.7 Å². The molecule has 0 N–H and O–H groups in total. The Bertz CT molecular complexity index is 231. The lowest BCUT2D eigenvalue weighted by Gasteiger charge is -1.95. The average Bonchev–Trinajstić information content (AvgIpc) is 2.11. The van der Waals surface area contributed by atoms with E-state index < -0.39 is 0 Å². The van der Waals surface area contributed by atoms with E-state index in [0.717, 1.165) is 5.57 Å². The van der Waals surface area contributed by atoms with Crippen molar-refractivity contribution in [1.29, 1.82) is 0 Å². The van der Waals surface area contributed by atoms with Gasteiger partial charge in [-0.1, -0.05) is 44.0 Å². The van der Waals surface area contributed by atoms with Gasteiger partial charge in [-0.05, 0) is 11.6 Å². The lowest BCUT2D eigenvalue weighted by atomic mass is 10.2. The van der Waals surface area contributed by atoms with Gasteiger partial charge in [-0.2, -0.15) is 0 Å². The molecule has 1 heteroatoms. The van der Waals surface area contributed by atoms with Gasteiger partial charge in [0.1, 0.15) is 5.76 Å². The van der Waals surface area contributed by atoms with Crippen LogP contribution in [0.15, 0.2) is 61.4 Å². The van der Waals surface area contributed by atoms with Crippen LogP contribution >= 0.6 is 0 Å². The first-order valence-electron chi connectivity index (χ1n) is 3.60. The fourth-order valence-corrected chi connectivity index (χ4v) is 0.585. The lowest BCUT2D eigenvalue weighted by Crippen LogP contribution is -1.77. The summed E-state index contributed by atoms with van der Waals surface area (Å²) in [6, 6.07) is 0. The number of allylic oxidation sites excluding steroid dienone is 6. The molecule has 0 saturated carbocycles. The third-order valence-electron chi connectivity index (χ3n) is 1.27. The maximum Gasteiger partial charge on any atom is 0.111 e. The van der Waals surface area contributed by atoms with Gasteiger partial charge in [-0.25, -0.2) is 0 Å². The Morgan fingerprint density at radius 1 is 1.25 bits per heavy atom. The van der Waals surface area contributed by atoms with Crippen LogP contribution < -0.4 is 0 Å². The lowest BCUT2D eigenvalue weighted by molar-refractivity contribution is 0.309. The Hall–Kier alpha value is -1.50. The van der Waals surface area contributed by atoms with Gasteiger partial charge >= 0.3 is 0 Å². The highest BCUT2D eigenvalue weighted by Gasteiger charge is 1.83. The van der Waals surface area contributed by atoms with Crippen LogP contribution in [0.5, 0.6) is 0 Å². The summed E-state index contributed by atoms with van der Waals surface area (Å²) in [7, 11) is 1.58. The Balaban J connectivity index is 4.29. The molecule has 0 aliphatic heterocycles. The van der Waals surface area contributed by atoms with E-state index in [-0.39, 0.29) is 0 Å². The zero-order valence-corrected chi connectivity index (χ0v) is 7.42. The van der Waals surface area contributed by atoms with Crippen LogP contribution in [0.3, 0.4) is 0 Å². The zero-order valence-electron chi connectivity index (χ0n) is 7.42. The van der Waals surface area contributed by atoms with E-state index in [1.54, 1.807) is 25.3 Å². The molecule has 0 heterocycles. The Morgan fingerprint density at radius 3 is 2.33 bits per heavy atom. The van der Waals surface area contributed by atoms with Gasteiger partial charge in [0.15, 0.2) is 0 Å². The standard InChI is InChI=1S/C11H14O/c1-5-7-11(6-2)9-8-10(3)12-4/h5-9H,1-3H2,4H3/b9-8-,11-7+. The smallest absolute Gasteiger partial charge is 0.111 e. The molecular weight excluding hydrogens is 148 g/mol. The van der Waals surface area contributed by atoms with E-state index in [1.807, 2.05) is 12.2 Å². The Labute approximate surface area is 74.1 Å². The minimum absolute atomic E-state index is 0.617. The van der Waals surface area contributed by atoms with E-state index in [0.29, 0.717) is 5.76 Å². The summed E-state index contributed by atoms with van der Waals surface area (Å²) in [5, 5.41) is 0. The molecule has 0 aromatic heterocycles. The number of hydrogen-bond donors (Lipinski definition) is 0. The van der Waals surface area contributed by atoms with Crippen molar-refractivity contribution in [2.45, 2.75) is 0 Å². The molecule has 0 rings (SSSR count). The van der Waals surface area contributed by atoms with Gasteiger partial charge < -0.3 is 4.74 Å². The van der Waals surface area contributed by atoms with Crippen LogP contribution in [0.25, 0.3) is 0 Å². The van der Waals surface area contributed by atoms with Crippen LogP contribution in [0, 0.1) is 0 Å². The van der Waals surface area contributed by atoms with Crippen molar-refractivity contribution in [2.24, 2.45) is 0 Å². The topological polar surface area (TPSA) is 9.23 Å². The molecule has 1 nitrogen and oxygen atoms in total. The highest BCUT2D eigenvalue weighted by Crippen LogP contribution is 2.01. The Kier molecular flexibility index (Phi) is 5.45. The fraction of sp³-hybridized carbons (Fsp3) is 0.0909. The number of rotatable bonds is 5. The molecule has 0 atom stereocenters. The quantitative estimate of drug-likeness (QED) is 0.446. The largest absolute Gasteiger partial charge is 0.497 e. The SMILES string of the molecule is C=C/C=C(C=C)/C=C\C(=C)OC. The normalized spacial score (nSPS) is 11.2. The Morgan fingerprint density at radius 2 is 1.92 bits per heavy atom.